The molecule has 0 aliphatic carbocycles. The fourth-order valence-corrected chi connectivity index (χ4v) is 3.64. The second-order valence-electron chi connectivity index (χ2n) is 8.10. The van der Waals surface area contributed by atoms with Gasteiger partial charge in [-0.15, -0.1) is 24.0 Å². The molecule has 2 N–H and O–H groups in total. The number of benzene rings is 1. The quantitative estimate of drug-likeness (QED) is 0.192. The van der Waals surface area contributed by atoms with E-state index in [0.29, 0.717) is 25.7 Å². The summed E-state index contributed by atoms with van der Waals surface area (Å²) in [5, 5.41) is 6.89. The predicted octanol–water partition coefficient (Wildman–Crippen LogP) is 2.58. The number of ether oxygens (including phenoxy) is 2. The van der Waals surface area contributed by atoms with Crippen LogP contribution in [0.3, 0.4) is 0 Å². The summed E-state index contributed by atoms with van der Waals surface area (Å²) >= 11 is 0. The Labute approximate surface area is 206 Å². The van der Waals surface area contributed by atoms with Crippen LogP contribution in [-0.2, 0) is 11.3 Å². The summed E-state index contributed by atoms with van der Waals surface area (Å²) in [6.07, 6.45) is 0. The van der Waals surface area contributed by atoms with Gasteiger partial charge in [0.15, 0.2) is 5.96 Å². The lowest BCUT2D eigenvalue weighted by molar-refractivity contribution is 0.124. The molecule has 1 aliphatic heterocycles. The molecule has 1 aromatic carbocycles. The van der Waals surface area contributed by atoms with Gasteiger partial charge in [0.05, 0.1) is 6.61 Å². The summed E-state index contributed by atoms with van der Waals surface area (Å²) < 4.78 is 11.0. The Hall–Kier alpha value is -1.10. The standard InChI is InChI=1S/C23H41N5O2.HI/c1-6-27-9-11-28(12-10-27)18-20(3)16-25-23(24-4)26-17-21-8-7-19(2)15-22(21)30-14-13-29-5;/h7-8,15,20H,6,9-14,16-18H2,1-5H3,(H2,24,25,26);1H. The first kappa shape index (κ1) is 27.9. The topological polar surface area (TPSA) is 61.4 Å². The second-order valence-corrected chi connectivity index (χ2v) is 8.10. The number of hydrogen-bond donors (Lipinski definition) is 2. The van der Waals surface area contributed by atoms with E-state index in [1.165, 1.54) is 31.7 Å². The molecular weight excluding hydrogens is 505 g/mol. The highest BCUT2D eigenvalue weighted by Gasteiger charge is 2.17. The molecule has 1 atom stereocenters. The number of guanidine groups is 1. The third kappa shape index (κ3) is 10.4. The third-order valence-electron chi connectivity index (χ3n) is 5.54. The Kier molecular flexibility index (Phi) is 14.1. The summed E-state index contributed by atoms with van der Waals surface area (Å²) in [5.74, 6) is 2.28. The van der Waals surface area contributed by atoms with Crippen molar-refractivity contribution in [1.82, 2.24) is 20.4 Å². The van der Waals surface area contributed by atoms with E-state index in [0.717, 1.165) is 36.9 Å². The molecular formula is C23H42IN5O2. The fraction of sp³-hybridized carbons (Fsp3) is 0.696. The van der Waals surface area contributed by atoms with Gasteiger partial charge in [0.25, 0.3) is 0 Å². The first-order valence-corrected chi connectivity index (χ1v) is 11.2. The number of halogens is 1. The normalized spacial score (nSPS) is 16.5. The lowest BCUT2D eigenvalue weighted by Gasteiger charge is -2.35. The van der Waals surface area contributed by atoms with Crippen molar-refractivity contribution < 1.29 is 9.47 Å². The third-order valence-corrected chi connectivity index (χ3v) is 5.54. The van der Waals surface area contributed by atoms with Crippen molar-refractivity contribution in [2.75, 3.05) is 73.2 Å². The minimum Gasteiger partial charge on any atom is -0.491 e. The number of aryl methyl sites for hydroxylation is 1. The molecule has 1 heterocycles. The lowest BCUT2D eigenvalue weighted by Crippen LogP contribution is -2.48. The van der Waals surface area contributed by atoms with Crippen LogP contribution in [0.15, 0.2) is 23.2 Å². The SMILES string of the molecule is CCN1CCN(CC(C)CNC(=NC)NCc2ccc(C)cc2OCCOC)CC1.I. The maximum Gasteiger partial charge on any atom is 0.191 e. The second kappa shape index (κ2) is 15.7. The van der Waals surface area contributed by atoms with Crippen LogP contribution < -0.4 is 15.4 Å². The highest BCUT2D eigenvalue weighted by atomic mass is 127. The van der Waals surface area contributed by atoms with Crippen molar-refractivity contribution in [2.24, 2.45) is 10.9 Å². The van der Waals surface area contributed by atoms with Crippen LogP contribution in [-0.4, -0.2) is 88.9 Å². The number of hydrogen-bond acceptors (Lipinski definition) is 5. The van der Waals surface area contributed by atoms with Crippen LogP contribution >= 0.6 is 24.0 Å². The predicted molar refractivity (Wildman–Crippen MR) is 140 cm³/mol. The van der Waals surface area contributed by atoms with Gasteiger partial charge in [-0.2, -0.15) is 0 Å². The Morgan fingerprint density at radius 3 is 2.48 bits per heavy atom. The van der Waals surface area contributed by atoms with E-state index in [-0.39, 0.29) is 24.0 Å². The number of nitrogens with one attached hydrogen (secondary N) is 2. The van der Waals surface area contributed by atoms with Crippen molar-refractivity contribution in [1.29, 1.82) is 0 Å². The molecule has 1 saturated heterocycles. The van der Waals surface area contributed by atoms with Gasteiger partial charge in [-0.25, -0.2) is 0 Å². The van der Waals surface area contributed by atoms with Crippen molar-refractivity contribution in [2.45, 2.75) is 27.3 Å². The van der Waals surface area contributed by atoms with Gasteiger partial charge in [0, 0.05) is 65.5 Å². The van der Waals surface area contributed by atoms with Crippen LogP contribution in [0.1, 0.15) is 25.0 Å². The molecule has 1 unspecified atom stereocenters. The number of nitrogens with zero attached hydrogens (tertiary/aromatic N) is 3. The average Bonchev–Trinajstić information content (AvgIpc) is 2.75. The van der Waals surface area contributed by atoms with E-state index in [9.17, 15) is 0 Å². The average molecular weight is 548 g/mol. The summed E-state index contributed by atoms with van der Waals surface area (Å²) in [6, 6.07) is 6.29. The van der Waals surface area contributed by atoms with Gasteiger partial charge in [0.2, 0.25) is 0 Å². The molecule has 31 heavy (non-hydrogen) atoms. The Bertz CT molecular complexity index is 651. The molecule has 0 amide bonds. The summed E-state index contributed by atoms with van der Waals surface area (Å²) in [7, 11) is 3.50. The van der Waals surface area contributed by atoms with Gasteiger partial charge in [0.1, 0.15) is 12.4 Å². The minimum atomic E-state index is 0. The molecule has 0 radical (unpaired) electrons. The molecule has 0 aromatic heterocycles. The van der Waals surface area contributed by atoms with Crippen molar-refractivity contribution in [3.8, 4) is 5.75 Å². The van der Waals surface area contributed by atoms with Crippen LogP contribution in [0.2, 0.25) is 0 Å². The highest BCUT2D eigenvalue weighted by molar-refractivity contribution is 14.0. The lowest BCUT2D eigenvalue weighted by atomic mass is 10.1. The molecule has 178 valence electrons. The van der Waals surface area contributed by atoms with E-state index < -0.39 is 0 Å². The summed E-state index contributed by atoms with van der Waals surface area (Å²) in [5.41, 5.74) is 2.30. The molecule has 1 aliphatic rings. The van der Waals surface area contributed by atoms with Crippen LogP contribution in [0.25, 0.3) is 0 Å². The van der Waals surface area contributed by atoms with E-state index in [2.05, 4.69) is 64.4 Å². The molecule has 0 bridgehead atoms. The Balaban J connectivity index is 0.00000480. The number of methoxy groups -OCH3 is 1. The van der Waals surface area contributed by atoms with Gasteiger partial charge in [-0.3, -0.25) is 4.99 Å². The van der Waals surface area contributed by atoms with Gasteiger partial charge >= 0.3 is 0 Å². The molecule has 1 aromatic rings. The first-order chi connectivity index (χ1) is 14.5. The van der Waals surface area contributed by atoms with Crippen LogP contribution in [0.4, 0.5) is 0 Å². The smallest absolute Gasteiger partial charge is 0.191 e. The maximum atomic E-state index is 5.89. The number of piperazine rings is 1. The Morgan fingerprint density at radius 1 is 1.13 bits per heavy atom. The summed E-state index contributed by atoms with van der Waals surface area (Å²) in [6.45, 7) is 16.3. The molecule has 2 rings (SSSR count). The number of aliphatic imine (C=N–C) groups is 1. The van der Waals surface area contributed by atoms with Crippen LogP contribution in [0.5, 0.6) is 5.75 Å². The molecule has 0 spiro atoms. The van der Waals surface area contributed by atoms with Crippen molar-refractivity contribution in [3.63, 3.8) is 0 Å². The van der Waals surface area contributed by atoms with E-state index in [1.54, 1.807) is 7.11 Å². The highest BCUT2D eigenvalue weighted by Crippen LogP contribution is 2.20. The zero-order valence-corrected chi connectivity index (χ0v) is 22.3. The van der Waals surface area contributed by atoms with Gasteiger partial charge in [-0.1, -0.05) is 26.0 Å². The van der Waals surface area contributed by atoms with Gasteiger partial charge < -0.3 is 29.9 Å². The molecule has 8 heteroatoms. The van der Waals surface area contributed by atoms with Crippen LogP contribution in [0, 0.1) is 12.8 Å². The Morgan fingerprint density at radius 2 is 1.84 bits per heavy atom. The zero-order chi connectivity index (χ0) is 21.8. The van der Waals surface area contributed by atoms with E-state index in [4.69, 9.17) is 9.47 Å². The van der Waals surface area contributed by atoms with Crippen molar-refractivity contribution >= 4 is 29.9 Å². The molecule has 1 fully saturated rings. The number of likely N-dealkylation sites (N-methyl/N-ethyl adjacent to an activating group) is 1. The summed E-state index contributed by atoms with van der Waals surface area (Å²) in [4.78, 5) is 9.47. The largest absolute Gasteiger partial charge is 0.491 e. The fourth-order valence-electron chi connectivity index (χ4n) is 3.64. The van der Waals surface area contributed by atoms with Gasteiger partial charge in [-0.05, 0) is 31.0 Å². The molecule has 0 saturated carbocycles. The van der Waals surface area contributed by atoms with E-state index >= 15 is 0 Å². The molecule has 7 nitrogen and oxygen atoms in total. The van der Waals surface area contributed by atoms with E-state index in [1.807, 2.05) is 7.05 Å². The zero-order valence-electron chi connectivity index (χ0n) is 19.9. The monoisotopic (exact) mass is 547 g/mol. The van der Waals surface area contributed by atoms with Crippen molar-refractivity contribution in [3.05, 3.63) is 29.3 Å². The first-order valence-electron chi connectivity index (χ1n) is 11.2. The minimum absolute atomic E-state index is 0. The maximum absolute atomic E-state index is 5.89. The number of rotatable bonds is 11.